The number of hydrogen-bond donors (Lipinski definition) is 1. The van der Waals surface area contributed by atoms with Crippen LogP contribution in [0.5, 0.6) is 0 Å². The molecule has 2 atom stereocenters. The monoisotopic (exact) mass is 311 g/mol. The first-order valence-corrected chi connectivity index (χ1v) is 6.90. The number of amides is 1. The van der Waals surface area contributed by atoms with E-state index in [0.29, 0.717) is 0 Å². The summed E-state index contributed by atoms with van der Waals surface area (Å²) in [5, 5.41) is 8.17. The van der Waals surface area contributed by atoms with Crippen molar-refractivity contribution < 1.29 is 23.1 Å². The van der Waals surface area contributed by atoms with Gasteiger partial charge < -0.3 is 5.11 Å². The minimum atomic E-state index is -3.67. The van der Waals surface area contributed by atoms with E-state index in [1.165, 1.54) is 13.8 Å². The molecule has 0 aromatic heterocycles. The van der Waals surface area contributed by atoms with Crippen LogP contribution in [-0.4, -0.2) is 44.9 Å². The van der Waals surface area contributed by atoms with E-state index in [-0.39, 0.29) is 6.42 Å². The summed E-state index contributed by atoms with van der Waals surface area (Å²) < 4.78 is 20.7. The normalized spacial score (nSPS) is 39.1. The molecule has 2 fully saturated rings. The molecule has 0 unspecified atom stereocenters. The smallest absolute Gasteiger partial charge is 0.342 e. The molecule has 0 aromatic carbocycles. The van der Waals surface area contributed by atoms with Gasteiger partial charge in [0.2, 0.25) is 10.4 Å². The summed E-state index contributed by atoms with van der Waals surface area (Å²) in [4.78, 5) is 23.5. The highest BCUT2D eigenvalue weighted by Crippen LogP contribution is 2.55. The number of carbonyl (C=O) groups is 2. The molecule has 0 bridgehead atoms. The molecule has 2 saturated heterocycles. The average Bonchev–Trinajstić information content (AvgIpc) is 2.20. The number of carboxylic acids is 1. The maximum atomic E-state index is 12.1. The largest absolute Gasteiger partial charge is 0.479 e. The van der Waals surface area contributed by atoms with Gasteiger partial charge in [0, 0.05) is 0 Å². The van der Waals surface area contributed by atoms with Crippen LogP contribution in [0.25, 0.3) is 0 Å². The average molecular weight is 312 g/mol. The van der Waals surface area contributed by atoms with Crippen LogP contribution < -0.4 is 0 Å². The molecule has 2 rings (SSSR count). The van der Waals surface area contributed by atoms with Crippen molar-refractivity contribution in [1.29, 1.82) is 0 Å². The summed E-state index contributed by atoms with van der Waals surface area (Å²) in [6, 6.07) is 0. The summed E-state index contributed by atoms with van der Waals surface area (Å²) >= 11 is 2.93. The molecule has 0 aromatic rings. The van der Waals surface area contributed by atoms with Crippen molar-refractivity contribution in [2.45, 2.75) is 34.8 Å². The zero-order valence-electron chi connectivity index (χ0n) is 8.60. The van der Waals surface area contributed by atoms with Gasteiger partial charge >= 0.3 is 5.97 Å². The molecule has 1 N–H and O–H groups in total. The number of carbonyl (C=O) groups excluding carboxylic acids is 1. The van der Waals surface area contributed by atoms with Crippen LogP contribution in [-0.2, 0) is 19.4 Å². The van der Waals surface area contributed by atoms with Gasteiger partial charge in [0.25, 0.3) is 0 Å². The molecule has 16 heavy (non-hydrogen) atoms. The molecule has 2 aliphatic heterocycles. The lowest BCUT2D eigenvalue weighted by molar-refractivity contribution is -0.159. The molecular formula is C8H10BrNO5S. The third-order valence-corrected chi connectivity index (χ3v) is 8.18. The van der Waals surface area contributed by atoms with Crippen molar-refractivity contribution in [1.82, 2.24) is 4.90 Å². The molecule has 2 aliphatic rings. The van der Waals surface area contributed by atoms with Gasteiger partial charge in [-0.2, -0.15) is 0 Å². The predicted molar refractivity (Wildman–Crippen MR) is 57.5 cm³/mol. The Bertz CT molecular complexity index is 499. The SMILES string of the molecule is CC1(C)[C@](Br)(C(=O)O)N2C(=O)C[C@H]2S1(=O)=O. The van der Waals surface area contributed by atoms with Crippen molar-refractivity contribution in [3.05, 3.63) is 0 Å². The van der Waals surface area contributed by atoms with Gasteiger partial charge in [0.1, 0.15) is 10.1 Å². The van der Waals surface area contributed by atoms with Crippen LogP contribution in [0.4, 0.5) is 0 Å². The van der Waals surface area contributed by atoms with Gasteiger partial charge in [-0.15, -0.1) is 0 Å². The number of fused-ring (bicyclic) bond motifs is 1. The van der Waals surface area contributed by atoms with Crippen LogP contribution in [0.2, 0.25) is 0 Å². The van der Waals surface area contributed by atoms with Gasteiger partial charge in [-0.25, -0.2) is 13.2 Å². The van der Waals surface area contributed by atoms with Crippen LogP contribution in [0.1, 0.15) is 20.3 Å². The highest BCUT2D eigenvalue weighted by molar-refractivity contribution is 9.10. The number of halogens is 1. The number of aliphatic carboxylic acids is 1. The number of hydrogen-bond acceptors (Lipinski definition) is 4. The van der Waals surface area contributed by atoms with E-state index < -0.39 is 36.3 Å². The van der Waals surface area contributed by atoms with Crippen LogP contribution in [0, 0.1) is 0 Å². The number of rotatable bonds is 1. The second-order valence-corrected chi connectivity index (χ2v) is 8.21. The highest BCUT2D eigenvalue weighted by Gasteiger charge is 2.76. The maximum absolute atomic E-state index is 12.1. The molecule has 0 saturated carbocycles. The zero-order chi connectivity index (χ0) is 12.5. The minimum absolute atomic E-state index is 0.133. The van der Waals surface area contributed by atoms with Gasteiger partial charge in [-0.3, -0.25) is 9.69 Å². The molecule has 1 amide bonds. The Hall–Kier alpha value is -0.630. The summed E-state index contributed by atoms with van der Waals surface area (Å²) in [6.45, 7) is 2.63. The number of nitrogens with zero attached hydrogens (tertiary/aromatic N) is 1. The van der Waals surface area contributed by atoms with E-state index in [1.54, 1.807) is 0 Å². The molecule has 0 radical (unpaired) electrons. The van der Waals surface area contributed by atoms with Gasteiger partial charge in [0.15, 0.2) is 9.84 Å². The first kappa shape index (κ1) is 11.8. The summed E-state index contributed by atoms with van der Waals surface area (Å²) in [5.74, 6) is -1.82. The van der Waals surface area contributed by atoms with Crippen LogP contribution in [0.3, 0.4) is 0 Å². The summed E-state index contributed by atoms with van der Waals surface area (Å²) in [6.07, 6.45) is -0.133. The molecule has 0 spiro atoms. The van der Waals surface area contributed by atoms with Crippen LogP contribution >= 0.6 is 15.9 Å². The van der Waals surface area contributed by atoms with Crippen molar-refractivity contribution >= 4 is 37.6 Å². The Kier molecular flexibility index (Phi) is 2.06. The van der Waals surface area contributed by atoms with Gasteiger partial charge in [-0.1, -0.05) is 0 Å². The third kappa shape index (κ3) is 0.912. The second-order valence-electron chi connectivity index (χ2n) is 4.41. The van der Waals surface area contributed by atoms with E-state index >= 15 is 0 Å². The van der Waals surface area contributed by atoms with E-state index in [4.69, 9.17) is 0 Å². The fraction of sp³-hybridized carbons (Fsp3) is 0.750. The first-order chi connectivity index (χ1) is 7.08. The van der Waals surface area contributed by atoms with E-state index in [9.17, 15) is 23.1 Å². The number of β-lactam (4-membered cyclic amide) rings is 1. The summed E-state index contributed by atoms with van der Waals surface area (Å²) in [5.41, 5.74) is 0. The lowest BCUT2D eigenvalue weighted by Crippen LogP contribution is -2.63. The Morgan fingerprint density at radius 1 is 1.56 bits per heavy atom. The lowest BCUT2D eigenvalue weighted by Gasteiger charge is -2.41. The number of carboxylic acid groups (broad SMARTS) is 1. The van der Waals surface area contributed by atoms with Crippen molar-refractivity contribution in [3.8, 4) is 0 Å². The Morgan fingerprint density at radius 3 is 2.38 bits per heavy atom. The number of sulfone groups is 1. The van der Waals surface area contributed by atoms with E-state index in [0.717, 1.165) is 4.90 Å². The summed E-state index contributed by atoms with van der Waals surface area (Å²) in [7, 11) is -3.67. The predicted octanol–water partition coefficient (Wildman–Crippen LogP) is -0.0724. The molecular weight excluding hydrogens is 302 g/mol. The highest BCUT2D eigenvalue weighted by atomic mass is 79.9. The van der Waals surface area contributed by atoms with Crippen molar-refractivity contribution in [2.75, 3.05) is 0 Å². The van der Waals surface area contributed by atoms with Gasteiger partial charge in [-0.05, 0) is 29.8 Å². The van der Waals surface area contributed by atoms with Crippen molar-refractivity contribution in [3.63, 3.8) is 0 Å². The standard InChI is InChI=1S/C8H10BrNO5S/c1-7(2)8(9,6(12)13)10-4(11)3-5(10)16(7,14)15/h5H,3H2,1-2H3,(H,12,13)/t5-,8+/m1/s1. The van der Waals surface area contributed by atoms with Crippen LogP contribution in [0.15, 0.2) is 0 Å². The van der Waals surface area contributed by atoms with Crippen molar-refractivity contribution in [2.24, 2.45) is 0 Å². The van der Waals surface area contributed by atoms with E-state index in [1.807, 2.05) is 0 Å². The van der Waals surface area contributed by atoms with Gasteiger partial charge in [0.05, 0.1) is 6.42 Å². The molecule has 0 aliphatic carbocycles. The number of alkyl halides is 1. The lowest BCUT2D eigenvalue weighted by atomic mass is 9.98. The Labute approximate surface area is 101 Å². The molecule has 2 heterocycles. The zero-order valence-corrected chi connectivity index (χ0v) is 11.0. The topological polar surface area (TPSA) is 91.8 Å². The van der Waals surface area contributed by atoms with E-state index in [2.05, 4.69) is 15.9 Å². The molecule has 90 valence electrons. The Balaban J connectivity index is 2.71. The second kappa shape index (κ2) is 2.79. The Morgan fingerprint density at radius 2 is 2.06 bits per heavy atom. The minimum Gasteiger partial charge on any atom is -0.479 e. The maximum Gasteiger partial charge on any atom is 0.342 e. The fourth-order valence-electron chi connectivity index (χ4n) is 2.19. The molecule has 6 nitrogen and oxygen atoms in total. The first-order valence-electron chi connectivity index (χ1n) is 4.56. The fourth-order valence-corrected chi connectivity index (χ4v) is 5.60. The third-order valence-electron chi connectivity index (χ3n) is 3.39. The molecule has 8 heteroatoms. The quantitative estimate of drug-likeness (QED) is 0.416.